The van der Waals surface area contributed by atoms with E-state index < -0.39 is 6.03 Å². The maximum Gasteiger partial charge on any atom is 0.325 e. The number of aliphatic imine (C=N–C) groups is 2. The van der Waals surface area contributed by atoms with E-state index in [1.54, 1.807) is 6.08 Å². The number of nitrogens with zero attached hydrogens (tertiary/aromatic N) is 3. The number of hydrogen-bond acceptors (Lipinski definition) is 8. The predicted molar refractivity (Wildman–Crippen MR) is 126 cm³/mol. The Bertz CT molecular complexity index is 1300. The quantitative estimate of drug-likeness (QED) is 0.430. The maximum absolute atomic E-state index is 11.6. The van der Waals surface area contributed by atoms with Gasteiger partial charge in [-0.25, -0.2) is 15.2 Å². The highest BCUT2D eigenvalue weighted by molar-refractivity contribution is 6.13. The van der Waals surface area contributed by atoms with Gasteiger partial charge in [0.1, 0.15) is 0 Å². The van der Waals surface area contributed by atoms with Gasteiger partial charge in [-0.05, 0) is 35.3 Å². The number of nitrogens with one attached hydrogen (secondary N) is 6. The Balaban J connectivity index is 1.31. The summed E-state index contributed by atoms with van der Waals surface area (Å²) in [4.78, 5) is 21.0. The van der Waals surface area contributed by atoms with Crippen molar-refractivity contribution >= 4 is 34.6 Å². The molecule has 0 radical (unpaired) electrons. The summed E-state index contributed by atoms with van der Waals surface area (Å²) in [6.45, 7) is 1.09. The van der Waals surface area contributed by atoms with E-state index in [4.69, 9.17) is 15.4 Å². The van der Waals surface area contributed by atoms with E-state index in [0.29, 0.717) is 42.6 Å². The molecule has 4 aliphatic rings. The fraction of sp³-hybridized carbons (Fsp3) is 0.217. The minimum atomic E-state index is -0.401. The van der Waals surface area contributed by atoms with E-state index in [-0.39, 0.29) is 5.84 Å². The monoisotopic (exact) mass is 441 g/mol. The lowest BCUT2D eigenvalue weighted by molar-refractivity contribution is 0.250. The first kappa shape index (κ1) is 19.5. The van der Waals surface area contributed by atoms with Gasteiger partial charge in [0.25, 0.3) is 0 Å². The molecule has 2 aromatic rings. The molecule has 0 spiro atoms. The molecule has 1 aliphatic carbocycles. The van der Waals surface area contributed by atoms with Gasteiger partial charge in [-0.3, -0.25) is 10.7 Å². The van der Waals surface area contributed by atoms with Crippen molar-refractivity contribution in [2.24, 2.45) is 9.98 Å². The molecule has 1 saturated carbocycles. The van der Waals surface area contributed by atoms with Crippen LogP contribution in [0.25, 0.3) is 10.8 Å². The number of benzene rings is 2. The third kappa shape index (κ3) is 3.80. The average molecular weight is 441 g/mol. The van der Waals surface area contributed by atoms with Crippen LogP contribution < -0.4 is 26.7 Å². The highest BCUT2D eigenvalue weighted by Crippen LogP contribution is 2.25. The fourth-order valence-corrected chi connectivity index (χ4v) is 4.04. The van der Waals surface area contributed by atoms with Gasteiger partial charge in [-0.2, -0.15) is 9.98 Å². The second-order valence-corrected chi connectivity index (χ2v) is 8.31. The zero-order valence-electron chi connectivity index (χ0n) is 17.8. The van der Waals surface area contributed by atoms with Crippen molar-refractivity contribution in [3.63, 3.8) is 0 Å². The number of rotatable bonds is 4. The number of hydrogen-bond donors (Lipinski definition) is 6. The molecule has 2 amide bonds. The summed E-state index contributed by atoms with van der Waals surface area (Å²) < 4.78 is 0. The molecule has 2 aromatic carbocycles. The van der Waals surface area contributed by atoms with Crippen molar-refractivity contribution in [2.75, 3.05) is 6.54 Å². The van der Waals surface area contributed by atoms with Crippen molar-refractivity contribution < 1.29 is 4.79 Å². The predicted octanol–water partition coefficient (Wildman–Crippen LogP) is 1.61. The number of urea groups is 1. The zero-order valence-corrected chi connectivity index (χ0v) is 17.8. The van der Waals surface area contributed by atoms with Crippen molar-refractivity contribution in [3.8, 4) is 0 Å². The lowest BCUT2D eigenvalue weighted by Crippen LogP contribution is -2.49. The summed E-state index contributed by atoms with van der Waals surface area (Å²) in [5.74, 6) is 1.95. The summed E-state index contributed by atoms with van der Waals surface area (Å²) in [5.41, 5.74) is 5.74. The molecule has 3 heterocycles. The van der Waals surface area contributed by atoms with Crippen LogP contribution in [0.3, 0.4) is 0 Å². The van der Waals surface area contributed by atoms with E-state index in [9.17, 15) is 4.79 Å². The van der Waals surface area contributed by atoms with Crippen molar-refractivity contribution in [1.82, 2.24) is 31.7 Å². The molecule has 10 heteroatoms. The summed E-state index contributed by atoms with van der Waals surface area (Å²) in [6, 6.07) is 14.6. The third-order valence-electron chi connectivity index (χ3n) is 5.86. The molecular weight excluding hydrogens is 418 g/mol. The Labute approximate surface area is 190 Å². The molecule has 6 N–H and O–H groups in total. The number of guanidine groups is 2. The number of amidine groups is 1. The van der Waals surface area contributed by atoms with Crippen LogP contribution in [0.1, 0.15) is 18.4 Å². The van der Waals surface area contributed by atoms with Crippen LogP contribution in [0.5, 0.6) is 0 Å². The van der Waals surface area contributed by atoms with Crippen molar-refractivity contribution in [3.05, 3.63) is 71.2 Å². The van der Waals surface area contributed by atoms with Crippen LogP contribution in [0.2, 0.25) is 0 Å². The Morgan fingerprint density at radius 2 is 1.97 bits per heavy atom. The summed E-state index contributed by atoms with van der Waals surface area (Å²) in [7, 11) is 0. The Morgan fingerprint density at radius 1 is 1.12 bits per heavy atom. The fourth-order valence-electron chi connectivity index (χ4n) is 4.04. The molecule has 0 unspecified atom stereocenters. The minimum Gasteiger partial charge on any atom is -0.352 e. The lowest BCUT2D eigenvalue weighted by atomic mass is 10.0. The molecule has 166 valence electrons. The number of carbonyl (C=O) groups is 1. The van der Waals surface area contributed by atoms with Crippen LogP contribution in [0.4, 0.5) is 4.79 Å². The Morgan fingerprint density at radius 3 is 2.79 bits per heavy atom. The van der Waals surface area contributed by atoms with E-state index in [0.717, 1.165) is 18.4 Å². The van der Waals surface area contributed by atoms with Gasteiger partial charge in [0.05, 0.1) is 5.70 Å². The van der Waals surface area contributed by atoms with E-state index in [1.807, 2.05) is 17.1 Å². The normalized spacial score (nSPS) is 21.1. The number of carbonyl (C=O) groups excluding carboxylic acids is 1. The molecule has 6 rings (SSSR count). The highest BCUT2D eigenvalue weighted by Gasteiger charge is 2.33. The number of hydrazine groups is 1. The Kier molecular flexibility index (Phi) is 4.58. The van der Waals surface area contributed by atoms with Crippen molar-refractivity contribution in [2.45, 2.75) is 25.4 Å². The van der Waals surface area contributed by atoms with Crippen LogP contribution >= 0.6 is 0 Å². The molecule has 2 fully saturated rings. The molecule has 10 nitrogen and oxygen atoms in total. The van der Waals surface area contributed by atoms with Crippen LogP contribution in [-0.2, 0) is 6.54 Å². The van der Waals surface area contributed by atoms with Crippen LogP contribution in [0.15, 0.2) is 75.6 Å². The molecule has 1 saturated heterocycles. The summed E-state index contributed by atoms with van der Waals surface area (Å²) in [6.07, 6.45) is 4.01. The lowest BCUT2D eigenvalue weighted by Gasteiger charge is -2.26. The van der Waals surface area contributed by atoms with Gasteiger partial charge >= 0.3 is 6.03 Å². The van der Waals surface area contributed by atoms with Crippen LogP contribution in [-0.4, -0.2) is 41.4 Å². The second kappa shape index (κ2) is 7.75. The molecule has 0 atom stereocenters. The first-order valence-corrected chi connectivity index (χ1v) is 10.9. The van der Waals surface area contributed by atoms with E-state index in [2.05, 4.69) is 57.0 Å². The third-order valence-corrected chi connectivity index (χ3v) is 5.86. The molecule has 0 bridgehead atoms. The minimum absolute atomic E-state index is 0.0469. The van der Waals surface area contributed by atoms with Crippen LogP contribution in [0, 0.1) is 5.41 Å². The van der Waals surface area contributed by atoms with Gasteiger partial charge in [-0.15, -0.1) is 0 Å². The SMILES string of the molecule is N=C1NC(=O)N/C1=C\C1=C2N=C(NCc3cccc4ccccc34)N=C(NC3CC3)N2NC1. The number of amides is 2. The standard InChI is InChI=1S/C23H23N9O/c24-19-18(28-23(33)29-19)10-15-12-26-32-20(15)30-21(31-22(32)27-16-8-9-16)25-11-14-6-3-5-13-4-1-2-7-17(13)14/h1-7,10,16,26H,8-9,11-12H2,(H3,24,28,29,33)(H2,25,27,30,31)/b18-10-. The van der Waals surface area contributed by atoms with E-state index >= 15 is 0 Å². The van der Waals surface area contributed by atoms with Crippen molar-refractivity contribution in [1.29, 1.82) is 5.41 Å². The van der Waals surface area contributed by atoms with Gasteiger partial charge < -0.3 is 16.0 Å². The van der Waals surface area contributed by atoms with Gasteiger partial charge in [0.15, 0.2) is 11.7 Å². The topological polar surface area (TPSA) is 129 Å². The molecule has 0 aromatic heterocycles. The summed E-state index contributed by atoms with van der Waals surface area (Å²) >= 11 is 0. The molecule has 3 aliphatic heterocycles. The van der Waals surface area contributed by atoms with E-state index in [1.165, 1.54) is 16.3 Å². The van der Waals surface area contributed by atoms with Gasteiger partial charge in [0.2, 0.25) is 11.9 Å². The Hall–Kier alpha value is -4.18. The van der Waals surface area contributed by atoms with Gasteiger partial charge in [0, 0.05) is 24.7 Å². The highest BCUT2D eigenvalue weighted by atomic mass is 16.2. The molecule has 33 heavy (non-hydrogen) atoms. The molecular formula is C23H23N9O. The number of fused-ring (bicyclic) bond motifs is 2. The second-order valence-electron chi connectivity index (χ2n) is 8.31. The zero-order chi connectivity index (χ0) is 22.4. The largest absolute Gasteiger partial charge is 0.352 e. The first-order chi connectivity index (χ1) is 16.1. The smallest absolute Gasteiger partial charge is 0.325 e. The maximum atomic E-state index is 11.6. The first-order valence-electron chi connectivity index (χ1n) is 10.9. The average Bonchev–Trinajstić information content (AvgIpc) is 3.46. The van der Waals surface area contributed by atoms with Gasteiger partial charge in [-0.1, -0.05) is 42.5 Å². The summed E-state index contributed by atoms with van der Waals surface area (Å²) in [5, 5.41) is 24.1.